The van der Waals surface area contributed by atoms with E-state index in [2.05, 4.69) is 12.2 Å². The van der Waals surface area contributed by atoms with Crippen LogP contribution in [0, 0.1) is 5.92 Å². The van der Waals surface area contributed by atoms with Gasteiger partial charge in [0.1, 0.15) is 5.76 Å². The van der Waals surface area contributed by atoms with E-state index in [-0.39, 0.29) is 0 Å². The molecule has 104 valence electrons. The summed E-state index contributed by atoms with van der Waals surface area (Å²) in [6.45, 7) is 4.53. The first kappa shape index (κ1) is 13.9. The molecule has 0 aliphatic heterocycles. The van der Waals surface area contributed by atoms with Crippen molar-refractivity contribution in [3.05, 3.63) is 30.0 Å². The highest BCUT2D eigenvalue weighted by atomic mass is 16.5. The van der Waals surface area contributed by atoms with Gasteiger partial charge in [-0.25, -0.2) is 0 Å². The van der Waals surface area contributed by atoms with Crippen molar-refractivity contribution in [1.29, 1.82) is 0 Å². The van der Waals surface area contributed by atoms with Gasteiger partial charge in [-0.3, -0.25) is 0 Å². The second kappa shape index (κ2) is 6.59. The first-order valence-electron chi connectivity index (χ1n) is 6.49. The van der Waals surface area contributed by atoms with Crippen molar-refractivity contribution in [2.45, 2.75) is 13.5 Å². The average molecular weight is 263 g/mol. The molecule has 0 fully saturated rings. The molecule has 0 amide bonds. The maximum absolute atomic E-state index is 5.81. The summed E-state index contributed by atoms with van der Waals surface area (Å²) in [6.07, 6.45) is 0. The smallest absolute Gasteiger partial charge is 0.176 e. The zero-order valence-electron chi connectivity index (χ0n) is 11.7. The third-order valence-electron chi connectivity index (χ3n) is 3.02. The Hall–Kier alpha value is -1.52. The Bertz CT molecular complexity index is 521. The molecule has 2 rings (SSSR count). The van der Waals surface area contributed by atoms with E-state index in [9.17, 15) is 0 Å². The van der Waals surface area contributed by atoms with Crippen molar-refractivity contribution in [3.8, 4) is 5.75 Å². The number of ether oxygens (including phenoxy) is 2. The Labute approximate surface area is 113 Å². The number of hydrogen-bond donors (Lipinski definition) is 1. The summed E-state index contributed by atoms with van der Waals surface area (Å²) in [7, 11) is 3.38. The van der Waals surface area contributed by atoms with Gasteiger partial charge in [-0.2, -0.15) is 0 Å². The molecule has 4 heteroatoms. The van der Waals surface area contributed by atoms with Crippen molar-refractivity contribution in [3.63, 3.8) is 0 Å². The molecule has 1 heterocycles. The minimum atomic E-state index is 0.490. The van der Waals surface area contributed by atoms with Crippen molar-refractivity contribution < 1.29 is 13.9 Å². The van der Waals surface area contributed by atoms with E-state index in [1.807, 2.05) is 24.3 Å². The standard InChI is InChI=1S/C15H21NO3/c1-11(10-17-2)8-16-9-13-7-12-5-4-6-14(18-3)15(12)19-13/h4-7,11,16H,8-10H2,1-3H3. The van der Waals surface area contributed by atoms with Gasteiger partial charge in [0.2, 0.25) is 0 Å². The van der Waals surface area contributed by atoms with Gasteiger partial charge in [-0.15, -0.1) is 0 Å². The van der Waals surface area contributed by atoms with Crippen LogP contribution in [0.15, 0.2) is 28.7 Å². The first-order chi connectivity index (χ1) is 9.24. The number of nitrogens with one attached hydrogen (secondary N) is 1. The summed E-state index contributed by atoms with van der Waals surface area (Å²) < 4.78 is 16.2. The Morgan fingerprint density at radius 2 is 2.16 bits per heavy atom. The van der Waals surface area contributed by atoms with Crippen LogP contribution in [0.1, 0.15) is 12.7 Å². The maximum Gasteiger partial charge on any atom is 0.176 e. The number of hydrogen-bond acceptors (Lipinski definition) is 4. The zero-order chi connectivity index (χ0) is 13.7. The lowest BCUT2D eigenvalue weighted by molar-refractivity contribution is 0.158. The summed E-state index contributed by atoms with van der Waals surface area (Å²) in [6, 6.07) is 7.95. The highest BCUT2D eigenvalue weighted by Gasteiger charge is 2.08. The van der Waals surface area contributed by atoms with E-state index in [0.717, 1.165) is 35.6 Å². The van der Waals surface area contributed by atoms with Crippen LogP contribution >= 0.6 is 0 Å². The predicted molar refractivity (Wildman–Crippen MR) is 75.5 cm³/mol. The molecule has 1 atom stereocenters. The van der Waals surface area contributed by atoms with Crippen LogP contribution in [0.25, 0.3) is 11.0 Å². The van der Waals surface area contributed by atoms with Crippen LogP contribution in [0.4, 0.5) is 0 Å². The molecule has 2 aromatic rings. The highest BCUT2D eigenvalue weighted by Crippen LogP contribution is 2.28. The molecule has 19 heavy (non-hydrogen) atoms. The number of methoxy groups -OCH3 is 2. The van der Waals surface area contributed by atoms with E-state index >= 15 is 0 Å². The normalized spacial score (nSPS) is 12.8. The lowest BCUT2D eigenvalue weighted by Crippen LogP contribution is -2.23. The molecule has 0 aliphatic rings. The van der Waals surface area contributed by atoms with Crippen LogP contribution in [0.3, 0.4) is 0 Å². The number of furan rings is 1. The summed E-state index contributed by atoms with van der Waals surface area (Å²) in [5.74, 6) is 2.18. The summed E-state index contributed by atoms with van der Waals surface area (Å²) in [4.78, 5) is 0. The van der Waals surface area contributed by atoms with Crippen molar-refractivity contribution in [2.24, 2.45) is 5.92 Å². The molecule has 0 bridgehead atoms. The van der Waals surface area contributed by atoms with Crippen molar-refractivity contribution in [2.75, 3.05) is 27.4 Å². The molecule has 1 unspecified atom stereocenters. The van der Waals surface area contributed by atoms with E-state index in [4.69, 9.17) is 13.9 Å². The van der Waals surface area contributed by atoms with Gasteiger partial charge in [0.05, 0.1) is 13.7 Å². The third-order valence-corrected chi connectivity index (χ3v) is 3.02. The Morgan fingerprint density at radius 1 is 1.32 bits per heavy atom. The fourth-order valence-corrected chi connectivity index (χ4v) is 2.12. The molecule has 0 spiro atoms. The Balaban J connectivity index is 1.98. The topological polar surface area (TPSA) is 43.6 Å². The Morgan fingerprint density at radius 3 is 2.89 bits per heavy atom. The van der Waals surface area contributed by atoms with Gasteiger partial charge in [-0.1, -0.05) is 19.1 Å². The second-order valence-corrected chi connectivity index (χ2v) is 4.78. The second-order valence-electron chi connectivity index (χ2n) is 4.78. The summed E-state index contributed by atoms with van der Waals surface area (Å²) in [5.41, 5.74) is 0.812. The monoisotopic (exact) mass is 263 g/mol. The SMILES string of the molecule is COCC(C)CNCc1cc2cccc(OC)c2o1. The fraction of sp³-hybridized carbons (Fsp3) is 0.467. The molecule has 4 nitrogen and oxygen atoms in total. The molecule has 0 saturated carbocycles. The van der Waals surface area contributed by atoms with Crippen molar-refractivity contribution >= 4 is 11.0 Å². The van der Waals surface area contributed by atoms with Crippen LogP contribution in [-0.4, -0.2) is 27.4 Å². The van der Waals surface area contributed by atoms with E-state index in [1.54, 1.807) is 14.2 Å². The molecule has 1 aromatic carbocycles. The fourth-order valence-electron chi connectivity index (χ4n) is 2.12. The van der Waals surface area contributed by atoms with Gasteiger partial charge < -0.3 is 19.2 Å². The Kier molecular flexibility index (Phi) is 4.82. The van der Waals surface area contributed by atoms with Crippen LogP contribution in [0.2, 0.25) is 0 Å². The van der Waals surface area contributed by atoms with E-state index in [0.29, 0.717) is 12.5 Å². The molecular weight excluding hydrogens is 242 g/mol. The number of fused-ring (bicyclic) bond motifs is 1. The number of para-hydroxylation sites is 1. The van der Waals surface area contributed by atoms with Crippen LogP contribution < -0.4 is 10.1 Å². The molecule has 1 aromatic heterocycles. The molecular formula is C15H21NO3. The van der Waals surface area contributed by atoms with Crippen LogP contribution in [-0.2, 0) is 11.3 Å². The zero-order valence-corrected chi connectivity index (χ0v) is 11.7. The van der Waals surface area contributed by atoms with Gasteiger partial charge >= 0.3 is 0 Å². The maximum atomic E-state index is 5.81. The number of benzene rings is 1. The minimum Gasteiger partial charge on any atom is -0.493 e. The van der Waals surface area contributed by atoms with Gasteiger partial charge in [0, 0.05) is 25.6 Å². The molecule has 0 aliphatic carbocycles. The highest BCUT2D eigenvalue weighted by molar-refractivity contribution is 5.83. The number of rotatable bonds is 7. The van der Waals surface area contributed by atoms with Gasteiger partial charge in [-0.05, 0) is 18.1 Å². The van der Waals surface area contributed by atoms with Crippen LogP contribution in [0.5, 0.6) is 5.75 Å². The van der Waals surface area contributed by atoms with Crippen molar-refractivity contribution in [1.82, 2.24) is 5.32 Å². The first-order valence-corrected chi connectivity index (χ1v) is 6.49. The largest absolute Gasteiger partial charge is 0.493 e. The molecule has 0 radical (unpaired) electrons. The van der Waals surface area contributed by atoms with E-state index in [1.165, 1.54) is 0 Å². The third kappa shape index (κ3) is 3.49. The van der Waals surface area contributed by atoms with E-state index < -0.39 is 0 Å². The predicted octanol–water partition coefficient (Wildman–Crippen LogP) is 2.81. The van der Waals surface area contributed by atoms with Gasteiger partial charge in [0.25, 0.3) is 0 Å². The quantitative estimate of drug-likeness (QED) is 0.834. The summed E-state index contributed by atoms with van der Waals surface area (Å²) >= 11 is 0. The lowest BCUT2D eigenvalue weighted by atomic mass is 10.2. The minimum absolute atomic E-state index is 0.490. The molecule has 1 N–H and O–H groups in total. The summed E-state index contributed by atoms with van der Waals surface area (Å²) in [5, 5.41) is 4.44. The average Bonchev–Trinajstić information content (AvgIpc) is 2.81. The lowest BCUT2D eigenvalue weighted by Gasteiger charge is -2.10. The molecule has 0 saturated heterocycles. The van der Waals surface area contributed by atoms with Gasteiger partial charge in [0.15, 0.2) is 11.3 Å².